The normalized spacial score (nSPS) is 15.5. The van der Waals surface area contributed by atoms with Crippen LogP contribution in [0, 0.1) is 5.92 Å². The van der Waals surface area contributed by atoms with Crippen LogP contribution >= 0.6 is 0 Å². The van der Waals surface area contributed by atoms with E-state index in [4.69, 9.17) is 10.6 Å². The molecule has 13 heavy (non-hydrogen) atoms. The van der Waals surface area contributed by atoms with Crippen LogP contribution in [0.5, 0.6) is 0 Å². The van der Waals surface area contributed by atoms with Gasteiger partial charge in [0.1, 0.15) is 0 Å². The first-order valence-electron chi connectivity index (χ1n) is 4.53. The molecule has 0 aromatic carbocycles. The molecule has 1 rings (SSSR count). The van der Waals surface area contributed by atoms with E-state index in [-0.39, 0.29) is 6.03 Å². The number of likely N-dealkylation sites (N-methyl/N-ethyl adjacent to an activating group) is 1. The number of hydrogen-bond acceptors (Lipinski definition) is 3. The molecule has 76 valence electrons. The lowest BCUT2D eigenvalue weighted by Crippen LogP contribution is -2.42. The fraction of sp³-hybridized carbons (Fsp3) is 0.875. The Morgan fingerprint density at radius 1 is 1.69 bits per heavy atom. The molecule has 0 saturated heterocycles. The molecule has 1 aliphatic rings. The first kappa shape index (κ1) is 10.3. The summed E-state index contributed by atoms with van der Waals surface area (Å²) in [5.74, 6) is 5.73. The predicted octanol–water partition coefficient (Wildman–Crippen LogP) is -0.0719. The Kier molecular flexibility index (Phi) is 3.98. The van der Waals surface area contributed by atoms with Crippen LogP contribution < -0.4 is 11.3 Å². The Bertz CT molecular complexity index is 171. The number of rotatable bonds is 5. The number of carbonyl (C=O) groups is 1. The largest absolute Gasteiger partial charge is 0.379 e. The van der Waals surface area contributed by atoms with Crippen molar-refractivity contribution in [3.05, 3.63) is 0 Å². The summed E-state index contributed by atoms with van der Waals surface area (Å²) in [5.41, 5.74) is 2.06. The molecule has 5 heteroatoms. The summed E-state index contributed by atoms with van der Waals surface area (Å²) in [4.78, 5) is 12.4. The van der Waals surface area contributed by atoms with Crippen LogP contribution in [0.25, 0.3) is 0 Å². The molecule has 1 saturated carbocycles. The lowest BCUT2D eigenvalue weighted by atomic mass is 10.5. The van der Waals surface area contributed by atoms with Crippen molar-refractivity contribution < 1.29 is 9.53 Å². The molecule has 2 amide bonds. The molecule has 0 radical (unpaired) electrons. The molecule has 1 aliphatic carbocycles. The van der Waals surface area contributed by atoms with E-state index < -0.39 is 0 Å². The number of urea groups is 1. The van der Waals surface area contributed by atoms with Crippen molar-refractivity contribution in [1.82, 2.24) is 10.3 Å². The third-order valence-electron chi connectivity index (χ3n) is 2.09. The van der Waals surface area contributed by atoms with Crippen molar-refractivity contribution in [3.8, 4) is 0 Å². The molecule has 1 fully saturated rings. The second-order valence-electron chi connectivity index (χ2n) is 3.39. The highest BCUT2D eigenvalue weighted by atomic mass is 16.5. The summed E-state index contributed by atoms with van der Waals surface area (Å²) in [6.07, 6.45) is 2.58. The number of hydrogen-bond donors (Lipinski definition) is 2. The lowest BCUT2D eigenvalue weighted by molar-refractivity contribution is 0.108. The van der Waals surface area contributed by atoms with Gasteiger partial charge in [-0.2, -0.15) is 0 Å². The van der Waals surface area contributed by atoms with Gasteiger partial charge in [0.05, 0.1) is 6.61 Å². The molecule has 0 aromatic heterocycles. The SMILES string of the molecule is CN(CCOCC1CC1)C(=O)NN. The Morgan fingerprint density at radius 2 is 2.38 bits per heavy atom. The summed E-state index contributed by atoms with van der Waals surface area (Å²) in [7, 11) is 1.68. The van der Waals surface area contributed by atoms with E-state index in [1.165, 1.54) is 17.7 Å². The van der Waals surface area contributed by atoms with Gasteiger partial charge >= 0.3 is 6.03 Å². The van der Waals surface area contributed by atoms with E-state index in [2.05, 4.69) is 5.43 Å². The number of nitrogens with two attached hydrogens (primary N) is 1. The fourth-order valence-corrected chi connectivity index (χ4v) is 0.948. The van der Waals surface area contributed by atoms with Gasteiger partial charge in [0.15, 0.2) is 0 Å². The monoisotopic (exact) mass is 187 g/mol. The highest BCUT2D eigenvalue weighted by Gasteiger charge is 2.21. The summed E-state index contributed by atoms with van der Waals surface area (Å²) in [5, 5.41) is 0. The zero-order chi connectivity index (χ0) is 9.68. The second kappa shape index (κ2) is 5.04. The Hall–Kier alpha value is -0.810. The minimum absolute atomic E-state index is 0.282. The van der Waals surface area contributed by atoms with E-state index in [0.29, 0.717) is 13.2 Å². The van der Waals surface area contributed by atoms with E-state index in [1.807, 2.05) is 0 Å². The summed E-state index contributed by atoms with van der Waals surface area (Å²) < 4.78 is 5.36. The van der Waals surface area contributed by atoms with E-state index >= 15 is 0 Å². The van der Waals surface area contributed by atoms with Crippen LogP contribution in [0.1, 0.15) is 12.8 Å². The highest BCUT2D eigenvalue weighted by molar-refractivity contribution is 5.72. The fourth-order valence-electron chi connectivity index (χ4n) is 0.948. The van der Waals surface area contributed by atoms with Gasteiger partial charge < -0.3 is 9.64 Å². The molecule has 0 spiro atoms. The zero-order valence-electron chi connectivity index (χ0n) is 7.95. The Labute approximate surface area is 78.2 Å². The molecule has 5 nitrogen and oxygen atoms in total. The number of nitrogens with one attached hydrogen (secondary N) is 1. The maximum atomic E-state index is 10.9. The summed E-state index contributed by atoms with van der Waals surface area (Å²) in [6.45, 7) is 1.99. The minimum Gasteiger partial charge on any atom is -0.379 e. The van der Waals surface area contributed by atoms with Gasteiger partial charge in [-0.25, -0.2) is 10.6 Å². The maximum Gasteiger partial charge on any atom is 0.331 e. The minimum atomic E-state index is -0.282. The average molecular weight is 187 g/mol. The zero-order valence-corrected chi connectivity index (χ0v) is 7.95. The van der Waals surface area contributed by atoms with Crippen molar-refractivity contribution in [2.24, 2.45) is 11.8 Å². The Morgan fingerprint density at radius 3 is 2.92 bits per heavy atom. The van der Waals surface area contributed by atoms with Gasteiger partial charge in [-0.05, 0) is 18.8 Å². The quantitative estimate of drug-likeness (QED) is 0.274. The molecule has 3 N–H and O–H groups in total. The van der Waals surface area contributed by atoms with Crippen molar-refractivity contribution in [3.63, 3.8) is 0 Å². The van der Waals surface area contributed by atoms with Gasteiger partial charge in [-0.1, -0.05) is 0 Å². The van der Waals surface area contributed by atoms with Crippen LogP contribution in [0.3, 0.4) is 0 Å². The topological polar surface area (TPSA) is 67.6 Å². The summed E-state index contributed by atoms with van der Waals surface area (Å²) in [6, 6.07) is -0.282. The van der Waals surface area contributed by atoms with Crippen LogP contribution in [-0.2, 0) is 4.74 Å². The van der Waals surface area contributed by atoms with Crippen molar-refractivity contribution >= 4 is 6.03 Å². The molecule has 0 aromatic rings. The van der Waals surface area contributed by atoms with Gasteiger partial charge in [-0.15, -0.1) is 0 Å². The van der Waals surface area contributed by atoms with E-state index in [0.717, 1.165) is 12.5 Å². The second-order valence-corrected chi connectivity index (χ2v) is 3.39. The third kappa shape index (κ3) is 4.10. The number of nitrogens with zero attached hydrogens (tertiary/aromatic N) is 1. The van der Waals surface area contributed by atoms with E-state index in [9.17, 15) is 4.79 Å². The first-order chi connectivity index (χ1) is 6.24. The summed E-state index contributed by atoms with van der Waals surface area (Å²) >= 11 is 0. The van der Waals surface area contributed by atoms with Crippen molar-refractivity contribution in [2.75, 3.05) is 26.8 Å². The van der Waals surface area contributed by atoms with Gasteiger partial charge in [0.2, 0.25) is 0 Å². The smallest absolute Gasteiger partial charge is 0.331 e. The molecule has 0 heterocycles. The van der Waals surface area contributed by atoms with Crippen LogP contribution in [0.15, 0.2) is 0 Å². The van der Waals surface area contributed by atoms with Crippen LogP contribution in [0.2, 0.25) is 0 Å². The average Bonchev–Trinajstić information content (AvgIpc) is 2.94. The molecule has 0 aliphatic heterocycles. The number of ether oxygens (including phenoxy) is 1. The molecule has 0 atom stereocenters. The van der Waals surface area contributed by atoms with Gasteiger partial charge in [-0.3, -0.25) is 5.43 Å². The molecule has 0 bridgehead atoms. The lowest BCUT2D eigenvalue weighted by Gasteiger charge is -2.15. The maximum absolute atomic E-state index is 10.9. The Balaban J connectivity index is 1.93. The standard InChI is InChI=1S/C8H17N3O2/c1-11(8(12)10-9)4-5-13-6-7-2-3-7/h7H,2-6,9H2,1H3,(H,10,12). The number of carbonyl (C=O) groups excluding carboxylic acids is 1. The van der Waals surface area contributed by atoms with Crippen LogP contribution in [0.4, 0.5) is 4.79 Å². The highest BCUT2D eigenvalue weighted by Crippen LogP contribution is 2.28. The van der Waals surface area contributed by atoms with Gasteiger partial charge in [0, 0.05) is 20.2 Å². The number of amides is 2. The van der Waals surface area contributed by atoms with Crippen molar-refractivity contribution in [1.29, 1.82) is 0 Å². The van der Waals surface area contributed by atoms with Gasteiger partial charge in [0.25, 0.3) is 0 Å². The predicted molar refractivity (Wildman–Crippen MR) is 48.9 cm³/mol. The third-order valence-corrected chi connectivity index (χ3v) is 2.09. The van der Waals surface area contributed by atoms with Crippen molar-refractivity contribution in [2.45, 2.75) is 12.8 Å². The molecule has 0 unspecified atom stereocenters. The van der Waals surface area contributed by atoms with Crippen LogP contribution in [-0.4, -0.2) is 37.7 Å². The van der Waals surface area contributed by atoms with E-state index in [1.54, 1.807) is 7.05 Å². The first-order valence-corrected chi connectivity index (χ1v) is 4.53. The molecular formula is C8H17N3O2. The molecular weight excluding hydrogens is 170 g/mol. The number of hydrazine groups is 1.